The minimum absolute atomic E-state index is 0.562. The largest absolute Gasteiger partial charge is 0.384 e. The van der Waals surface area contributed by atoms with Gasteiger partial charge in [0.1, 0.15) is 11.5 Å². The van der Waals surface area contributed by atoms with Gasteiger partial charge in [-0.3, -0.25) is 4.98 Å². The van der Waals surface area contributed by atoms with E-state index in [0.717, 1.165) is 11.3 Å². The Balaban J connectivity index is 2.23. The van der Waals surface area contributed by atoms with Gasteiger partial charge in [0.15, 0.2) is 5.65 Å². The second kappa shape index (κ2) is 3.30. The highest BCUT2D eigenvalue weighted by Crippen LogP contribution is 2.14. The Kier molecular flexibility index (Phi) is 1.83. The van der Waals surface area contributed by atoms with Gasteiger partial charge in [0.25, 0.3) is 0 Å². The van der Waals surface area contributed by atoms with Crippen LogP contribution in [-0.4, -0.2) is 19.6 Å². The molecule has 0 unspecified atom stereocenters. The fraction of sp³-hybridized carbons (Fsp3) is 0. The quantitative estimate of drug-likeness (QED) is 0.660. The van der Waals surface area contributed by atoms with Crippen LogP contribution in [0.2, 0.25) is 0 Å². The molecule has 0 saturated carbocycles. The normalized spacial score (nSPS) is 10.8. The molecule has 5 heteroatoms. The van der Waals surface area contributed by atoms with Crippen molar-refractivity contribution >= 4 is 11.5 Å². The number of anilines is 1. The number of hydrogen-bond acceptors (Lipinski definition) is 4. The van der Waals surface area contributed by atoms with E-state index in [1.54, 1.807) is 16.8 Å². The molecule has 0 aliphatic heterocycles. The molecule has 0 aromatic carbocycles. The lowest BCUT2D eigenvalue weighted by molar-refractivity contribution is 0.974. The molecule has 3 heterocycles. The lowest BCUT2D eigenvalue weighted by Crippen LogP contribution is -1.97. The van der Waals surface area contributed by atoms with Gasteiger partial charge in [-0.2, -0.15) is 4.52 Å². The molecule has 3 aromatic heterocycles. The number of nitrogens with two attached hydrogens (primary N) is 1. The molecule has 0 fully saturated rings. The van der Waals surface area contributed by atoms with Crippen LogP contribution < -0.4 is 5.73 Å². The molecule has 0 spiro atoms. The molecule has 0 aliphatic rings. The molecular formula is C11H9N5. The highest BCUT2D eigenvalue weighted by Gasteiger charge is 2.07. The maximum atomic E-state index is 5.79. The van der Waals surface area contributed by atoms with E-state index in [1.807, 2.05) is 30.3 Å². The summed E-state index contributed by atoms with van der Waals surface area (Å²) in [5.74, 6) is 1.14. The topological polar surface area (TPSA) is 69.1 Å². The summed E-state index contributed by atoms with van der Waals surface area (Å²) in [6.45, 7) is 0. The van der Waals surface area contributed by atoms with Gasteiger partial charge in [-0.1, -0.05) is 12.1 Å². The predicted octanol–water partition coefficient (Wildman–Crippen LogP) is 1.37. The van der Waals surface area contributed by atoms with Crippen LogP contribution in [0.4, 0.5) is 5.82 Å². The van der Waals surface area contributed by atoms with E-state index in [-0.39, 0.29) is 0 Å². The molecule has 78 valence electrons. The van der Waals surface area contributed by atoms with E-state index in [0.29, 0.717) is 11.6 Å². The number of aromatic nitrogens is 4. The third-order valence-electron chi connectivity index (χ3n) is 2.28. The third kappa shape index (κ3) is 1.30. The number of rotatable bonds is 1. The van der Waals surface area contributed by atoms with Crippen molar-refractivity contribution in [1.29, 1.82) is 0 Å². The second-order valence-corrected chi connectivity index (χ2v) is 3.37. The summed E-state index contributed by atoms with van der Waals surface area (Å²) in [7, 11) is 0. The van der Waals surface area contributed by atoms with E-state index in [2.05, 4.69) is 15.1 Å². The fourth-order valence-corrected chi connectivity index (χ4v) is 1.53. The Hall–Kier alpha value is -2.43. The minimum Gasteiger partial charge on any atom is -0.384 e. The average Bonchev–Trinajstić information content (AvgIpc) is 2.76. The predicted molar refractivity (Wildman–Crippen MR) is 60.6 cm³/mol. The number of fused-ring (bicyclic) bond motifs is 1. The van der Waals surface area contributed by atoms with E-state index in [1.165, 1.54) is 0 Å². The SMILES string of the molecule is Nc1cccc2nc(-c3ccccn3)nn12. The zero-order chi connectivity index (χ0) is 11.0. The van der Waals surface area contributed by atoms with Crippen molar-refractivity contribution in [3.63, 3.8) is 0 Å². The van der Waals surface area contributed by atoms with Gasteiger partial charge in [0.2, 0.25) is 5.82 Å². The average molecular weight is 211 g/mol. The van der Waals surface area contributed by atoms with Crippen LogP contribution >= 0.6 is 0 Å². The first-order chi connectivity index (χ1) is 7.84. The molecule has 0 atom stereocenters. The van der Waals surface area contributed by atoms with Gasteiger partial charge in [-0.25, -0.2) is 4.98 Å². The Morgan fingerprint density at radius 1 is 1.06 bits per heavy atom. The lowest BCUT2D eigenvalue weighted by atomic mass is 10.3. The van der Waals surface area contributed by atoms with Gasteiger partial charge < -0.3 is 5.73 Å². The highest BCUT2D eigenvalue weighted by molar-refractivity contribution is 5.55. The Bertz CT molecular complexity index is 629. The minimum atomic E-state index is 0.562. The first-order valence-corrected chi connectivity index (χ1v) is 4.87. The molecule has 0 amide bonds. The maximum Gasteiger partial charge on any atom is 0.200 e. The van der Waals surface area contributed by atoms with E-state index < -0.39 is 0 Å². The Labute approximate surface area is 91.6 Å². The van der Waals surface area contributed by atoms with Gasteiger partial charge in [0, 0.05) is 6.20 Å². The van der Waals surface area contributed by atoms with Gasteiger partial charge in [-0.15, -0.1) is 5.10 Å². The van der Waals surface area contributed by atoms with E-state index in [4.69, 9.17) is 5.73 Å². The van der Waals surface area contributed by atoms with Crippen molar-refractivity contribution in [1.82, 2.24) is 19.6 Å². The van der Waals surface area contributed by atoms with Crippen molar-refractivity contribution in [2.24, 2.45) is 0 Å². The van der Waals surface area contributed by atoms with Gasteiger partial charge in [-0.05, 0) is 24.3 Å². The smallest absolute Gasteiger partial charge is 0.200 e. The van der Waals surface area contributed by atoms with Crippen LogP contribution in [0.15, 0.2) is 42.6 Å². The molecular weight excluding hydrogens is 202 g/mol. The summed E-state index contributed by atoms with van der Waals surface area (Å²) in [6, 6.07) is 11.1. The summed E-state index contributed by atoms with van der Waals surface area (Å²) in [4.78, 5) is 8.55. The molecule has 3 aromatic rings. The molecule has 16 heavy (non-hydrogen) atoms. The molecule has 0 bridgehead atoms. The Morgan fingerprint density at radius 2 is 2.00 bits per heavy atom. The van der Waals surface area contributed by atoms with Crippen LogP contribution in [0.5, 0.6) is 0 Å². The highest BCUT2D eigenvalue weighted by atomic mass is 15.3. The van der Waals surface area contributed by atoms with Gasteiger partial charge in [0.05, 0.1) is 0 Å². The molecule has 0 aliphatic carbocycles. The van der Waals surface area contributed by atoms with E-state index >= 15 is 0 Å². The van der Waals surface area contributed by atoms with Gasteiger partial charge >= 0.3 is 0 Å². The monoisotopic (exact) mass is 211 g/mol. The van der Waals surface area contributed by atoms with Crippen LogP contribution in [0.25, 0.3) is 17.2 Å². The van der Waals surface area contributed by atoms with Crippen LogP contribution in [0.1, 0.15) is 0 Å². The van der Waals surface area contributed by atoms with Crippen molar-refractivity contribution in [3.8, 4) is 11.5 Å². The first kappa shape index (κ1) is 8.84. The van der Waals surface area contributed by atoms with Crippen LogP contribution in [0, 0.1) is 0 Å². The maximum absolute atomic E-state index is 5.79. The number of hydrogen-bond donors (Lipinski definition) is 1. The first-order valence-electron chi connectivity index (χ1n) is 4.87. The molecule has 0 saturated heterocycles. The van der Waals surface area contributed by atoms with Crippen LogP contribution in [-0.2, 0) is 0 Å². The van der Waals surface area contributed by atoms with Crippen molar-refractivity contribution in [2.45, 2.75) is 0 Å². The summed E-state index contributed by atoms with van der Waals surface area (Å²) in [5, 5.41) is 4.30. The second-order valence-electron chi connectivity index (χ2n) is 3.37. The third-order valence-corrected chi connectivity index (χ3v) is 2.28. The fourth-order valence-electron chi connectivity index (χ4n) is 1.53. The number of pyridine rings is 2. The summed E-state index contributed by atoms with van der Waals surface area (Å²) in [5.41, 5.74) is 7.25. The standard InChI is InChI=1S/C11H9N5/c12-9-5-3-6-10-14-11(15-16(9)10)8-4-1-2-7-13-8/h1-7H,12H2. The van der Waals surface area contributed by atoms with Crippen molar-refractivity contribution < 1.29 is 0 Å². The molecule has 5 nitrogen and oxygen atoms in total. The Morgan fingerprint density at radius 3 is 2.75 bits per heavy atom. The van der Waals surface area contributed by atoms with Crippen LogP contribution in [0.3, 0.4) is 0 Å². The summed E-state index contributed by atoms with van der Waals surface area (Å²) in [6.07, 6.45) is 1.71. The number of nitrogen functional groups attached to an aromatic ring is 1. The van der Waals surface area contributed by atoms with E-state index in [9.17, 15) is 0 Å². The van der Waals surface area contributed by atoms with Crippen molar-refractivity contribution in [2.75, 3.05) is 5.73 Å². The lowest BCUT2D eigenvalue weighted by Gasteiger charge is -1.94. The van der Waals surface area contributed by atoms with Crippen molar-refractivity contribution in [3.05, 3.63) is 42.6 Å². The summed E-state index contributed by atoms with van der Waals surface area (Å²) < 4.78 is 1.60. The zero-order valence-corrected chi connectivity index (χ0v) is 8.41. The summed E-state index contributed by atoms with van der Waals surface area (Å²) >= 11 is 0. The zero-order valence-electron chi connectivity index (χ0n) is 8.41. The molecule has 0 radical (unpaired) electrons. The molecule has 3 rings (SSSR count). The number of nitrogens with zero attached hydrogens (tertiary/aromatic N) is 4. The molecule has 2 N–H and O–H groups in total.